The first-order chi connectivity index (χ1) is 9.28. The topological polar surface area (TPSA) is 54.5 Å². The normalized spacial score (nSPS) is 41.2. The SMILES string of the molecule is C[C@H]1[C@H]2C[C@H]([C@H](S(=O)(=O)N3CCCCC3)C2=O)C1(C)C. The third-order valence-corrected chi connectivity index (χ3v) is 8.54. The first kappa shape index (κ1) is 14.5. The first-order valence-electron chi connectivity index (χ1n) is 7.80. The zero-order chi connectivity index (χ0) is 14.7. The highest BCUT2D eigenvalue weighted by Gasteiger charge is 2.64. The summed E-state index contributed by atoms with van der Waals surface area (Å²) in [7, 11) is -3.45. The summed E-state index contributed by atoms with van der Waals surface area (Å²) >= 11 is 0. The fraction of sp³-hybridized carbons (Fsp3) is 0.933. The van der Waals surface area contributed by atoms with Crippen molar-refractivity contribution >= 4 is 15.8 Å². The molecule has 0 radical (unpaired) electrons. The van der Waals surface area contributed by atoms with Crippen LogP contribution in [-0.4, -0.2) is 36.8 Å². The lowest BCUT2D eigenvalue weighted by Gasteiger charge is -2.41. The van der Waals surface area contributed by atoms with Crippen LogP contribution in [0, 0.1) is 23.2 Å². The van der Waals surface area contributed by atoms with Gasteiger partial charge in [0.25, 0.3) is 0 Å². The second-order valence-corrected chi connectivity index (χ2v) is 9.44. The van der Waals surface area contributed by atoms with Gasteiger partial charge in [-0.1, -0.05) is 27.2 Å². The fourth-order valence-electron chi connectivity index (χ4n) is 4.56. The number of carbonyl (C=O) groups is 1. The number of carbonyl (C=O) groups excluding carboxylic acids is 1. The van der Waals surface area contributed by atoms with Crippen LogP contribution >= 0.6 is 0 Å². The predicted octanol–water partition coefficient (Wildman–Crippen LogP) is 2.05. The van der Waals surface area contributed by atoms with Gasteiger partial charge in [-0.3, -0.25) is 4.79 Å². The van der Waals surface area contributed by atoms with Gasteiger partial charge in [-0.15, -0.1) is 0 Å². The fourth-order valence-corrected chi connectivity index (χ4v) is 6.99. The Kier molecular flexibility index (Phi) is 3.29. The Hall–Kier alpha value is -0.420. The van der Waals surface area contributed by atoms with Crippen molar-refractivity contribution < 1.29 is 13.2 Å². The number of ketones is 1. The van der Waals surface area contributed by atoms with Crippen LogP contribution in [-0.2, 0) is 14.8 Å². The minimum absolute atomic E-state index is 0.00178. The van der Waals surface area contributed by atoms with Crippen LogP contribution < -0.4 is 0 Å². The van der Waals surface area contributed by atoms with E-state index in [1.165, 1.54) is 0 Å². The molecule has 3 aliphatic rings. The van der Waals surface area contributed by atoms with E-state index in [1.807, 2.05) is 0 Å². The molecular weight excluding hydrogens is 274 g/mol. The first-order valence-corrected chi connectivity index (χ1v) is 9.31. The van der Waals surface area contributed by atoms with Crippen LogP contribution in [0.1, 0.15) is 46.5 Å². The zero-order valence-electron chi connectivity index (χ0n) is 12.6. The van der Waals surface area contributed by atoms with Crippen molar-refractivity contribution in [3.8, 4) is 0 Å². The van der Waals surface area contributed by atoms with Crippen LogP contribution in [0.3, 0.4) is 0 Å². The second kappa shape index (κ2) is 4.54. The molecular formula is C15H25NO3S. The Morgan fingerprint density at radius 2 is 1.75 bits per heavy atom. The molecule has 1 aliphatic heterocycles. The molecule has 3 rings (SSSR count). The molecule has 5 heteroatoms. The van der Waals surface area contributed by atoms with E-state index in [0.29, 0.717) is 19.0 Å². The maximum atomic E-state index is 12.9. The number of nitrogens with zero attached hydrogens (tertiary/aromatic N) is 1. The van der Waals surface area contributed by atoms with Crippen molar-refractivity contribution in [1.29, 1.82) is 0 Å². The monoisotopic (exact) mass is 299 g/mol. The second-order valence-electron chi connectivity index (χ2n) is 7.39. The Balaban J connectivity index is 1.93. The minimum Gasteiger partial charge on any atom is -0.298 e. The van der Waals surface area contributed by atoms with Crippen LogP contribution in [0.4, 0.5) is 0 Å². The smallest absolute Gasteiger partial charge is 0.224 e. The maximum Gasteiger partial charge on any atom is 0.224 e. The quantitative estimate of drug-likeness (QED) is 0.784. The van der Waals surface area contributed by atoms with Crippen LogP contribution in [0.2, 0.25) is 0 Å². The molecule has 0 aromatic carbocycles. The molecule has 4 atom stereocenters. The van der Waals surface area contributed by atoms with Gasteiger partial charge in [0.05, 0.1) is 0 Å². The lowest BCUT2D eigenvalue weighted by atomic mass is 9.69. The Morgan fingerprint density at radius 1 is 1.15 bits per heavy atom. The van der Waals surface area contributed by atoms with Crippen molar-refractivity contribution in [2.75, 3.05) is 13.1 Å². The van der Waals surface area contributed by atoms with Crippen molar-refractivity contribution in [2.24, 2.45) is 23.2 Å². The third kappa shape index (κ3) is 1.82. The number of sulfonamides is 1. The summed E-state index contributed by atoms with van der Waals surface area (Å²) in [6.45, 7) is 7.56. The Labute approximate surface area is 122 Å². The van der Waals surface area contributed by atoms with Gasteiger partial charge in [-0.2, -0.15) is 0 Å². The highest BCUT2D eigenvalue weighted by Crippen LogP contribution is 2.59. The van der Waals surface area contributed by atoms with Gasteiger partial charge in [0, 0.05) is 19.0 Å². The Morgan fingerprint density at radius 3 is 2.30 bits per heavy atom. The molecule has 0 unspecified atom stereocenters. The number of hydrogen-bond acceptors (Lipinski definition) is 3. The number of piperidine rings is 1. The maximum absolute atomic E-state index is 12.9. The molecule has 0 N–H and O–H groups in total. The van der Waals surface area contributed by atoms with E-state index in [4.69, 9.17) is 0 Å². The van der Waals surface area contributed by atoms with Crippen LogP contribution in [0.25, 0.3) is 0 Å². The van der Waals surface area contributed by atoms with E-state index in [2.05, 4.69) is 20.8 Å². The lowest BCUT2D eigenvalue weighted by molar-refractivity contribution is -0.125. The molecule has 1 heterocycles. The van der Waals surface area contributed by atoms with Crippen molar-refractivity contribution in [1.82, 2.24) is 4.31 Å². The number of hydrogen-bond donors (Lipinski definition) is 0. The predicted molar refractivity (Wildman–Crippen MR) is 77.7 cm³/mol. The Bertz CT molecular complexity index is 519. The number of fused-ring (bicyclic) bond motifs is 2. The highest BCUT2D eigenvalue weighted by molar-refractivity contribution is 7.90. The molecule has 0 aromatic rings. The van der Waals surface area contributed by atoms with Gasteiger partial charge in [0.2, 0.25) is 10.0 Å². The number of rotatable bonds is 2. The molecule has 2 saturated carbocycles. The standard InChI is InChI=1S/C15H25NO3S/c1-10-11-9-12(15(10,2)3)14(13(11)17)20(18,19)16-7-5-4-6-8-16/h10-12,14H,4-9H2,1-3H3/t10-,11+,12+,14-/m0/s1. The minimum atomic E-state index is -3.45. The summed E-state index contributed by atoms with van der Waals surface area (Å²) in [6, 6.07) is 0. The third-order valence-electron chi connectivity index (χ3n) is 6.25. The molecule has 0 aromatic heterocycles. The van der Waals surface area contributed by atoms with Gasteiger partial charge in [-0.25, -0.2) is 12.7 Å². The van der Waals surface area contributed by atoms with Gasteiger partial charge in [0.1, 0.15) is 5.25 Å². The molecule has 3 fully saturated rings. The largest absolute Gasteiger partial charge is 0.298 e. The van der Waals surface area contributed by atoms with Gasteiger partial charge < -0.3 is 0 Å². The summed E-state index contributed by atoms with van der Waals surface area (Å²) in [5, 5.41) is -0.767. The average molecular weight is 299 g/mol. The van der Waals surface area contributed by atoms with Crippen molar-refractivity contribution in [3.05, 3.63) is 0 Å². The molecule has 2 aliphatic carbocycles. The van der Waals surface area contributed by atoms with E-state index >= 15 is 0 Å². The molecule has 2 bridgehead atoms. The zero-order valence-corrected chi connectivity index (χ0v) is 13.4. The average Bonchev–Trinajstić information content (AvgIpc) is 2.86. The van der Waals surface area contributed by atoms with E-state index in [1.54, 1.807) is 4.31 Å². The summed E-state index contributed by atoms with van der Waals surface area (Å²) in [4.78, 5) is 12.5. The van der Waals surface area contributed by atoms with Gasteiger partial charge in [0.15, 0.2) is 5.78 Å². The number of Topliss-reactive ketones (excluding diaryl/α,β-unsaturated/α-hetero) is 1. The van der Waals surface area contributed by atoms with E-state index in [-0.39, 0.29) is 23.0 Å². The van der Waals surface area contributed by atoms with Crippen LogP contribution in [0.15, 0.2) is 0 Å². The molecule has 114 valence electrons. The van der Waals surface area contributed by atoms with Gasteiger partial charge >= 0.3 is 0 Å². The van der Waals surface area contributed by atoms with Crippen molar-refractivity contribution in [3.63, 3.8) is 0 Å². The molecule has 0 spiro atoms. The van der Waals surface area contributed by atoms with E-state index in [9.17, 15) is 13.2 Å². The van der Waals surface area contributed by atoms with E-state index < -0.39 is 15.3 Å². The molecule has 0 amide bonds. The summed E-state index contributed by atoms with van der Waals surface area (Å²) < 4.78 is 27.4. The van der Waals surface area contributed by atoms with Gasteiger partial charge in [-0.05, 0) is 36.5 Å². The van der Waals surface area contributed by atoms with Crippen LogP contribution in [0.5, 0.6) is 0 Å². The van der Waals surface area contributed by atoms with Crippen molar-refractivity contribution in [2.45, 2.75) is 51.7 Å². The summed E-state index contributed by atoms with van der Waals surface area (Å²) in [5.41, 5.74) is -0.0495. The molecule has 4 nitrogen and oxygen atoms in total. The summed E-state index contributed by atoms with van der Waals surface area (Å²) in [6.07, 6.45) is 3.71. The highest BCUT2D eigenvalue weighted by atomic mass is 32.2. The lowest BCUT2D eigenvalue weighted by Crippen LogP contribution is -2.52. The summed E-state index contributed by atoms with van der Waals surface area (Å²) in [5.74, 6) is 0.252. The van der Waals surface area contributed by atoms with E-state index in [0.717, 1.165) is 25.7 Å². The molecule has 1 saturated heterocycles. The molecule has 20 heavy (non-hydrogen) atoms.